The molecule has 1 heterocycles. The first-order valence-electron chi connectivity index (χ1n) is 8.08. The summed E-state index contributed by atoms with van der Waals surface area (Å²) in [6.45, 7) is 0.130. The number of aromatic carboxylic acids is 1. The fraction of sp³-hybridized carbons (Fsp3) is 0.278. The van der Waals surface area contributed by atoms with Gasteiger partial charge >= 0.3 is 12.1 Å². The number of pyridine rings is 1. The Hall–Kier alpha value is -2.68. The Bertz CT molecular complexity index is 787. The molecule has 1 amide bonds. The minimum atomic E-state index is -1.50. The van der Waals surface area contributed by atoms with Crippen LogP contribution in [0.3, 0.4) is 0 Å². The monoisotopic (exact) mass is 394 g/mol. The van der Waals surface area contributed by atoms with E-state index in [4.69, 9.17) is 21.4 Å². The largest absolute Gasteiger partial charge is 0.478 e. The summed E-state index contributed by atoms with van der Waals surface area (Å²) in [5.74, 6) is -1.30. The highest BCUT2D eigenvalue weighted by atomic mass is 35.5. The van der Waals surface area contributed by atoms with Crippen LogP contribution in [0.1, 0.15) is 34.0 Å². The van der Waals surface area contributed by atoms with Crippen molar-refractivity contribution >= 4 is 23.7 Å². The van der Waals surface area contributed by atoms with E-state index in [0.29, 0.717) is 0 Å². The van der Waals surface area contributed by atoms with Crippen molar-refractivity contribution in [2.75, 3.05) is 6.54 Å². The van der Waals surface area contributed by atoms with E-state index in [2.05, 4.69) is 10.3 Å². The smallest absolute Gasteiger partial charge is 0.407 e. The zero-order valence-electron chi connectivity index (χ0n) is 14.2. The van der Waals surface area contributed by atoms with Gasteiger partial charge in [0.05, 0.1) is 11.7 Å². The fourth-order valence-corrected chi connectivity index (χ4v) is 2.48. The molecule has 0 aliphatic heterocycles. The summed E-state index contributed by atoms with van der Waals surface area (Å²) in [7, 11) is 0. The fourth-order valence-electron chi connectivity index (χ4n) is 2.32. The van der Waals surface area contributed by atoms with Crippen molar-refractivity contribution < 1.29 is 29.6 Å². The van der Waals surface area contributed by atoms with Crippen molar-refractivity contribution in [2.24, 2.45) is 0 Å². The molecular weight excluding hydrogens is 376 g/mol. The number of hydrogen-bond donors (Lipinski definition) is 4. The summed E-state index contributed by atoms with van der Waals surface area (Å²) in [6.07, 6.45) is -2.41. The first-order valence-corrected chi connectivity index (χ1v) is 8.45. The number of ether oxygens (including phenoxy) is 1. The highest BCUT2D eigenvalue weighted by molar-refractivity contribution is 6.29. The normalized spacial score (nSPS) is 12.9. The Kier molecular flexibility index (Phi) is 7.54. The lowest BCUT2D eigenvalue weighted by Crippen LogP contribution is -2.30. The van der Waals surface area contributed by atoms with E-state index in [1.165, 1.54) is 0 Å². The number of benzene rings is 1. The number of halogens is 1. The van der Waals surface area contributed by atoms with E-state index in [9.17, 15) is 19.8 Å². The molecule has 2 atom stereocenters. The molecule has 1 aromatic heterocycles. The molecule has 0 aliphatic carbocycles. The Morgan fingerprint density at radius 1 is 1.22 bits per heavy atom. The van der Waals surface area contributed by atoms with E-state index >= 15 is 0 Å². The molecule has 2 aromatic rings. The Balaban J connectivity index is 1.82. The summed E-state index contributed by atoms with van der Waals surface area (Å²) < 4.78 is 5.02. The Labute approximate surface area is 160 Å². The molecule has 0 fully saturated rings. The average Bonchev–Trinajstić information content (AvgIpc) is 2.66. The summed E-state index contributed by atoms with van der Waals surface area (Å²) in [5, 5.41) is 31.8. The summed E-state index contributed by atoms with van der Waals surface area (Å²) in [5.41, 5.74) is 0.516. The molecule has 8 nitrogen and oxygen atoms in total. The second-order valence-electron chi connectivity index (χ2n) is 5.69. The Morgan fingerprint density at radius 3 is 2.59 bits per heavy atom. The quantitative estimate of drug-likeness (QED) is 0.505. The number of carbonyl (C=O) groups excluding carboxylic acids is 1. The first kappa shape index (κ1) is 20.6. The summed E-state index contributed by atoms with van der Waals surface area (Å²) >= 11 is 5.66. The molecule has 2 rings (SSSR count). The first-order chi connectivity index (χ1) is 12.9. The van der Waals surface area contributed by atoms with E-state index in [-0.39, 0.29) is 35.9 Å². The van der Waals surface area contributed by atoms with Crippen LogP contribution in [0.2, 0.25) is 5.15 Å². The van der Waals surface area contributed by atoms with Gasteiger partial charge in [0, 0.05) is 18.3 Å². The number of aromatic nitrogens is 1. The molecule has 144 valence electrons. The molecule has 0 aliphatic rings. The number of rotatable bonds is 8. The summed E-state index contributed by atoms with van der Waals surface area (Å²) in [4.78, 5) is 26.6. The van der Waals surface area contributed by atoms with E-state index < -0.39 is 24.3 Å². The molecule has 2 unspecified atom stereocenters. The van der Waals surface area contributed by atoms with Crippen LogP contribution < -0.4 is 5.32 Å². The van der Waals surface area contributed by atoms with Crippen molar-refractivity contribution in [3.63, 3.8) is 0 Å². The van der Waals surface area contributed by atoms with Gasteiger partial charge in [0.15, 0.2) is 0 Å². The average molecular weight is 395 g/mol. The maximum Gasteiger partial charge on any atom is 0.407 e. The summed E-state index contributed by atoms with van der Waals surface area (Å²) in [6, 6.07) is 10.2. The van der Waals surface area contributed by atoms with Gasteiger partial charge in [-0.1, -0.05) is 41.9 Å². The highest BCUT2D eigenvalue weighted by Gasteiger charge is 2.24. The van der Waals surface area contributed by atoms with Crippen molar-refractivity contribution in [3.8, 4) is 0 Å². The van der Waals surface area contributed by atoms with Gasteiger partial charge in [-0.2, -0.15) is 0 Å². The van der Waals surface area contributed by atoms with Crippen molar-refractivity contribution in [1.82, 2.24) is 10.3 Å². The second kappa shape index (κ2) is 9.86. The molecule has 0 spiro atoms. The standard InChI is InChI=1S/C18H19ClN2O6/c19-15-8-12(17(24)25)13(9-21-15)16(23)14(22)6-7-20-18(26)27-10-11-4-2-1-3-5-11/h1-5,8-9,14,16,22-23H,6-7,10H2,(H,20,26)(H,24,25). The number of aliphatic hydroxyl groups is 2. The van der Waals surface area contributed by atoms with Crippen LogP contribution in [-0.4, -0.2) is 45.0 Å². The van der Waals surface area contributed by atoms with Crippen LogP contribution in [-0.2, 0) is 11.3 Å². The Morgan fingerprint density at radius 2 is 1.93 bits per heavy atom. The molecule has 0 saturated carbocycles. The number of carbonyl (C=O) groups is 2. The van der Waals surface area contributed by atoms with Crippen molar-refractivity contribution in [1.29, 1.82) is 0 Å². The number of aliphatic hydroxyl groups excluding tert-OH is 2. The molecule has 27 heavy (non-hydrogen) atoms. The van der Waals surface area contributed by atoms with Crippen LogP contribution >= 0.6 is 11.6 Å². The molecular formula is C18H19ClN2O6. The lowest BCUT2D eigenvalue weighted by Gasteiger charge is -2.19. The van der Waals surface area contributed by atoms with E-state index in [0.717, 1.165) is 17.8 Å². The predicted octanol–water partition coefficient (Wildman–Crippen LogP) is 2.14. The topological polar surface area (TPSA) is 129 Å². The van der Waals surface area contributed by atoms with Crippen LogP contribution in [0.25, 0.3) is 0 Å². The number of alkyl carbamates (subject to hydrolysis) is 1. The van der Waals surface area contributed by atoms with Gasteiger partial charge < -0.3 is 25.4 Å². The van der Waals surface area contributed by atoms with Crippen LogP contribution in [0.5, 0.6) is 0 Å². The van der Waals surface area contributed by atoms with Crippen LogP contribution in [0, 0.1) is 0 Å². The lowest BCUT2D eigenvalue weighted by atomic mass is 9.99. The third kappa shape index (κ3) is 6.21. The lowest BCUT2D eigenvalue weighted by molar-refractivity contribution is 0.0125. The van der Waals surface area contributed by atoms with Crippen LogP contribution in [0.15, 0.2) is 42.6 Å². The third-order valence-electron chi connectivity index (χ3n) is 3.74. The third-order valence-corrected chi connectivity index (χ3v) is 3.94. The number of amides is 1. The minimum absolute atomic E-state index is 0.0231. The minimum Gasteiger partial charge on any atom is -0.478 e. The highest BCUT2D eigenvalue weighted by Crippen LogP contribution is 2.24. The maximum absolute atomic E-state index is 11.6. The number of nitrogens with zero attached hydrogens (tertiary/aromatic N) is 1. The van der Waals surface area contributed by atoms with E-state index in [1.54, 1.807) is 0 Å². The zero-order valence-corrected chi connectivity index (χ0v) is 15.0. The number of hydrogen-bond acceptors (Lipinski definition) is 6. The van der Waals surface area contributed by atoms with Crippen molar-refractivity contribution in [2.45, 2.75) is 25.2 Å². The molecule has 0 radical (unpaired) electrons. The van der Waals surface area contributed by atoms with Gasteiger partial charge in [0.1, 0.15) is 17.9 Å². The van der Waals surface area contributed by atoms with Crippen molar-refractivity contribution in [3.05, 3.63) is 64.4 Å². The van der Waals surface area contributed by atoms with Gasteiger partial charge in [-0.15, -0.1) is 0 Å². The second-order valence-corrected chi connectivity index (χ2v) is 6.08. The number of carboxylic acids is 1. The zero-order chi connectivity index (χ0) is 19.8. The molecule has 1 aromatic carbocycles. The predicted molar refractivity (Wildman–Crippen MR) is 96.4 cm³/mol. The number of nitrogens with one attached hydrogen (secondary N) is 1. The number of carboxylic acid groups (broad SMARTS) is 1. The van der Waals surface area contributed by atoms with Gasteiger partial charge in [0.2, 0.25) is 0 Å². The molecule has 4 N–H and O–H groups in total. The molecule has 0 saturated heterocycles. The van der Waals surface area contributed by atoms with Gasteiger partial charge in [0.25, 0.3) is 0 Å². The maximum atomic E-state index is 11.6. The molecule has 0 bridgehead atoms. The van der Waals surface area contributed by atoms with Crippen LogP contribution in [0.4, 0.5) is 4.79 Å². The van der Waals surface area contributed by atoms with Gasteiger partial charge in [-0.3, -0.25) is 0 Å². The van der Waals surface area contributed by atoms with Gasteiger partial charge in [-0.25, -0.2) is 14.6 Å². The van der Waals surface area contributed by atoms with E-state index in [1.807, 2.05) is 30.3 Å². The molecule has 9 heteroatoms. The van der Waals surface area contributed by atoms with Gasteiger partial charge in [-0.05, 0) is 18.1 Å². The SMILES string of the molecule is O=C(NCCC(O)C(O)c1cnc(Cl)cc1C(=O)O)OCc1ccccc1.